The van der Waals surface area contributed by atoms with Crippen LogP contribution >= 0.6 is 15.9 Å². The van der Waals surface area contributed by atoms with Crippen LogP contribution in [0.15, 0.2) is 27.8 Å². The van der Waals surface area contributed by atoms with E-state index < -0.39 is 36.3 Å². The molecule has 1 saturated carbocycles. The van der Waals surface area contributed by atoms with Crippen LogP contribution in [0.3, 0.4) is 0 Å². The first-order chi connectivity index (χ1) is 16.4. The van der Waals surface area contributed by atoms with Gasteiger partial charge < -0.3 is 20.1 Å². The summed E-state index contributed by atoms with van der Waals surface area (Å²) in [6.45, 7) is 0.376. The number of likely N-dealkylation sites (N-methyl/N-ethyl adjacent to an activating group) is 1. The van der Waals surface area contributed by atoms with Crippen molar-refractivity contribution in [3.8, 4) is 5.75 Å². The second-order valence-corrected chi connectivity index (χ2v) is 9.49. The quantitative estimate of drug-likeness (QED) is 0.459. The van der Waals surface area contributed by atoms with Gasteiger partial charge in [-0.1, -0.05) is 15.9 Å². The summed E-state index contributed by atoms with van der Waals surface area (Å²) in [6, 6.07) is 4.15. The minimum Gasteiger partial charge on any atom is -0.484 e. The van der Waals surface area contributed by atoms with Gasteiger partial charge in [0.15, 0.2) is 12.2 Å². The van der Waals surface area contributed by atoms with Crippen molar-refractivity contribution < 1.29 is 37.0 Å². The summed E-state index contributed by atoms with van der Waals surface area (Å²) in [5.74, 6) is -1.22. The van der Waals surface area contributed by atoms with E-state index in [2.05, 4.69) is 37.1 Å². The molecule has 3 amide bonds. The van der Waals surface area contributed by atoms with Crippen LogP contribution in [0.25, 0.3) is 0 Å². The number of halogens is 4. The molecule has 1 aliphatic heterocycles. The van der Waals surface area contributed by atoms with Crippen LogP contribution in [0, 0.1) is 5.92 Å². The predicted octanol–water partition coefficient (Wildman–Crippen LogP) is 3.40. The summed E-state index contributed by atoms with van der Waals surface area (Å²) in [5.41, 5.74) is 2.07. The number of amides is 3. The molecule has 0 saturated heterocycles. The van der Waals surface area contributed by atoms with Crippen LogP contribution in [-0.4, -0.2) is 55.1 Å². The molecule has 0 aromatic heterocycles. The molecule has 35 heavy (non-hydrogen) atoms. The number of ether oxygens (including phenoxy) is 2. The Labute approximate surface area is 208 Å². The predicted molar refractivity (Wildman–Crippen MR) is 123 cm³/mol. The number of alkyl halides is 3. The van der Waals surface area contributed by atoms with Crippen LogP contribution in [0.1, 0.15) is 44.6 Å². The summed E-state index contributed by atoms with van der Waals surface area (Å²) in [4.78, 5) is 35.3. The van der Waals surface area contributed by atoms with Gasteiger partial charge in [-0.25, -0.2) is 10.2 Å². The minimum atomic E-state index is -4.48. The number of carbonyl (C=O) groups excluding carboxylic acids is 3. The monoisotopic (exact) mass is 562 g/mol. The lowest BCUT2D eigenvalue weighted by Gasteiger charge is -2.42. The third kappa shape index (κ3) is 6.86. The van der Waals surface area contributed by atoms with Crippen LogP contribution in [0.4, 0.5) is 18.0 Å². The van der Waals surface area contributed by atoms with E-state index in [4.69, 9.17) is 9.47 Å². The lowest BCUT2D eigenvalue weighted by molar-refractivity contribution is -0.153. The first-order valence-corrected chi connectivity index (χ1v) is 11.8. The molecule has 1 aromatic rings. The minimum absolute atomic E-state index is 0.00430. The third-order valence-corrected chi connectivity index (χ3v) is 6.68. The first-order valence-electron chi connectivity index (χ1n) is 11.0. The van der Waals surface area contributed by atoms with E-state index in [0.717, 1.165) is 0 Å². The molecule has 1 atom stereocenters. The van der Waals surface area contributed by atoms with E-state index in [-0.39, 0.29) is 17.7 Å². The summed E-state index contributed by atoms with van der Waals surface area (Å²) < 4.78 is 48.9. The normalized spacial score (nSPS) is 23.0. The zero-order chi connectivity index (χ0) is 25.8. The number of hydrogen-bond acceptors (Lipinski definition) is 6. The fourth-order valence-electron chi connectivity index (χ4n) is 4.38. The fraction of sp³-hybridized carbons (Fsp3) is 0.545. The second-order valence-electron chi connectivity index (χ2n) is 8.63. The lowest BCUT2D eigenvalue weighted by atomic mass is 9.73. The van der Waals surface area contributed by atoms with Gasteiger partial charge in [-0.3, -0.25) is 9.59 Å². The molecule has 0 radical (unpaired) electrons. The number of rotatable bonds is 6. The molecule has 9 nitrogen and oxygen atoms in total. The number of nitrogens with zero attached hydrogens (tertiary/aromatic N) is 1. The summed E-state index contributed by atoms with van der Waals surface area (Å²) in [5, 5.41) is 9.14. The van der Waals surface area contributed by atoms with Crippen molar-refractivity contribution in [2.75, 3.05) is 13.7 Å². The van der Waals surface area contributed by atoms with Crippen LogP contribution in [-0.2, 0) is 14.3 Å². The smallest absolute Gasteiger partial charge is 0.428 e. The summed E-state index contributed by atoms with van der Waals surface area (Å²) in [6.07, 6.45) is -2.41. The molecular formula is C22H26BrF3N4O5. The molecule has 1 aliphatic carbocycles. The Balaban J connectivity index is 1.73. The highest BCUT2D eigenvalue weighted by molar-refractivity contribution is 9.10. The van der Waals surface area contributed by atoms with Gasteiger partial charge >= 0.3 is 24.1 Å². The maximum absolute atomic E-state index is 12.6. The van der Waals surface area contributed by atoms with Crippen LogP contribution in [0.2, 0.25) is 0 Å². The van der Waals surface area contributed by atoms with Gasteiger partial charge in [-0.05, 0) is 63.1 Å². The first kappa shape index (κ1) is 26.8. The van der Waals surface area contributed by atoms with Gasteiger partial charge in [0, 0.05) is 23.1 Å². The molecule has 1 aromatic carbocycles. The van der Waals surface area contributed by atoms with Crippen molar-refractivity contribution in [1.29, 1.82) is 0 Å². The molecule has 192 valence electrons. The van der Waals surface area contributed by atoms with E-state index in [1.54, 1.807) is 6.07 Å². The third-order valence-electron chi connectivity index (χ3n) is 5.98. The molecule has 0 unspecified atom stereocenters. The van der Waals surface area contributed by atoms with Gasteiger partial charge in [0.05, 0.1) is 0 Å². The maximum atomic E-state index is 12.6. The highest BCUT2D eigenvalue weighted by Crippen LogP contribution is 2.42. The standard InChI is InChI=1S/C22H26BrF3N4O5/c1-12(28-19(32)18(31)27-2)9-13-5-7-21(8-6-13)17(29-30-20(33)35-21)15-10-14(3-4-16(15)23)34-11-22(24,25)26/h3-4,10,12-13H,5-9,11H2,1-2H3,(H,27,31)(H,28,32)(H,30,33)/t12-,13?,21?/m0/s1. The van der Waals surface area contributed by atoms with E-state index in [9.17, 15) is 27.6 Å². The van der Waals surface area contributed by atoms with Gasteiger partial charge in [-0.15, -0.1) is 0 Å². The van der Waals surface area contributed by atoms with Crippen molar-refractivity contribution in [1.82, 2.24) is 16.1 Å². The largest absolute Gasteiger partial charge is 0.484 e. The second kappa shape index (κ2) is 10.8. The Bertz CT molecular complexity index is 1010. The van der Waals surface area contributed by atoms with E-state index >= 15 is 0 Å². The number of nitrogens with one attached hydrogen (secondary N) is 3. The van der Waals surface area contributed by atoms with Gasteiger partial charge in [0.2, 0.25) is 0 Å². The summed E-state index contributed by atoms with van der Waals surface area (Å²) in [7, 11) is 1.38. The van der Waals surface area contributed by atoms with Crippen molar-refractivity contribution >= 4 is 39.5 Å². The maximum Gasteiger partial charge on any atom is 0.428 e. The molecular weight excluding hydrogens is 537 g/mol. The van der Waals surface area contributed by atoms with E-state index in [0.29, 0.717) is 47.9 Å². The Morgan fingerprint density at radius 2 is 2.00 bits per heavy atom. The van der Waals surface area contributed by atoms with Crippen LogP contribution in [0.5, 0.6) is 5.75 Å². The molecule has 1 heterocycles. The van der Waals surface area contributed by atoms with Crippen molar-refractivity contribution in [2.45, 2.75) is 56.8 Å². The van der Waals surface area contributed by atoms with Crippen molar-refractivity contribution in [3.63, 3.8) is 0 Å². The zero-order valence-corrected chi connectivity index (χ0v) is 20.7. The van der Waals surface area contributed by atoms with Crippen molar-refractivity contribution in [2.24, 2.45) is 11.0 Å². The Hall–Kier alpha value is -2.83. The highest BCUT2D eigenvalue weighted by atomic mass is 79.9. The average molecular weight is 563 g/mol. The zero-order valence-electron chi connectivity index (χ0n) is 19.1. The fourth-order valence-corrected chi connectivity index (χ4v) is 4.81. The molecule has 3 N–H and O–H groups in total. The molecule has 1 spiro atoms. The van der Waals surface area contributed by atoms with Crippen LogP contribution < -0.4 is 20.8 Å². The molecule has 13 heteroatoms. The summed E-state index contributed by atoms with van der Waals surface area (Å²) >= 11 is 3.41. The SMILES string of the molecule is CNC(=O)C(=O)N[C@@H](C)CC1CCC2(CC1)OC(=O)NN=C2c1cc(OCC(F)(F)F)ccc1Br. The van der Waals surface area contributed by atoms with Gasteiger partial charge in [0.25, 0.3) is 0 Å². The average Bonchev–Trinajstić information content (AvgIpc) is 2.79. The van der Waals surface area contributed by atoms with Crippen molar-refractivity contribution in [3.05, 3.63) is 28.2 Å². The van der Waals surface area contributed by atoms with Gasteiger partial charge in [0.1, 0.15) is 11.5 Å². The topological polar surface area (TPSA) is 118 Å². The number of benzene rings is 1. The molecule has 1 fully saturated rings. The molecule has 0 bridgehead atoms. The van der Waals surface area contributed by atoms with E-state index in [1.807, 2.05) is 6.92 Å². The number of hydrogen-bond donors (Lipinski definition) is 3. The Kier molecular flexibility index (Phi) is 8.29. The molecule has 3 rings (SSSR count). The Morgan fingerprint density at radius 3 is 2.63 bits per heavy atom. The molecule has 2 aliphatic rings. The number of carbonyl (C=O) groups is 3. The van der Waals surface area contributed by atoms with E-state index in [1.165, 1.54) is 19.2 Å². The number of hydrazone groups is 1. The van der Waals surface area contributed by atoms with Gasteiger partial charge in [-0.2, -0.15) is 18.3 Å². The lowest BCUT2D eigenvalue weighted by Crippen LogP contribution is -2.52. The highest BCUT2D eigenvalue weighted by Gasteiger charge is 2.47. The Morgan fingerprint density at radius 1 is 1.31 bits per heavy atom.